The number of hydrogen-bond donors (Lipinski definition) is 0. The molecule has 41 heavy (non-hydrogen) atoms. The normalized spacial score (nSPS) is 13.4. The summed E-state index contributed by atoms with van der Waals surface area (Å²) in [7, 11) is 0. The molecule has 0 aliphatic heterocycles. The summed E-state index contributed by atoms with van der Waals surface area (Å²) in [5, 5.41) is 2.57. The summed E-state index contributed by atoms with van der Waals surface area (Å²) in [4.78, 5) is 0. The minimum Gasteiger partial charge on any atom is -0.309 e. The Hall–Kier alpha value is -4.88. The second-order valence-electron chi connectivity index (χ2n) is 11.9. The molecule has 1 heteroatoms. The van der Waals surface area contributed by atoms with Crippen LogP contribution in [-0.2, 0) is 5.41 Å². The number of aromatic nitrogens is 1. The Morgan fingerprint density at radius 2 is 1.15 bits per heavy atom. The van der Waals surface area contributed by atoms with E-state index in [1.54, 1.807) is 0 Å². The Bertz CT molecular complexity index is 2140. The van der Waals surface area contributed by atoms with Crippen LogP contribution in [0, 0.1) is 6.92 Å². The van der Waals surface area contributed by atoms with Crippen molar-refractivity contribution >= 4 is 21.8 Å². The van der Waals surface area contributed by atoms with Gasteiger partial charge in [0.2, 0.25) is 0 Å². The lowest BCUT2D eigenvalue weighted by Gasteiger charge is -2.25. The SMILES string of the molecule is Cc1ccccc1-c1cccc(-c2ccc3c(c2)c2ccccc2n3-c2cccc3c2C(C)(C)c2ccccc2-3)c1. The van der Waals surface area contributed by atoms with E-state index in [2.05, 4.69) is 159 Å². The highest BCUT2D eigenvalue weighted by Crippen LogP contribution is 2.51. The molecule has 0 atom stereocenters. The first-order valence-electron chi connectivity index (χ1n) is 14.5. The van der Waals surface area contributed by atoms with Crippen LogP contribution in [0.15, 0.2) is 133 Å². The van der Waals surface area contributed by atoms with Gasteiger partial charge in [-0.1, -0.05) is 117 Å². The fourth-order valence-corrected chi connectivity index (χ4v) is 7.18. The van der Waals surface area contributed by atoms with Gasteiger partial charge >= 0.3 is 0 Å². The van der Waals surface area contributed by atoms with E-state index in [1.807, 2.05) is 0 Å². The van der Waals surface area contributed by atoms with E-state index < -0.39 is 0 Å². The molecule has 0 amide bonds. The summed E-state index contributed by atoms with van der Waals surface area (Å²) < 4.78 is 2.49. The van der Waals surface area contributed by atoms with Gasteiger partial charge in [-0.25, -0.2) is 0 Å². The zero-order chi connectivity index (χ0) is 27.7. The third-order valence-electron chi connectivity index (χ3n) is 9.12. The molecule has 0 radical (unpaired) electrons. The van der Waals surface area contributed by atoms with Crippen molar-refractivity contribution < 1.29 is 0 Å². The molecule has 0 saturated carbocycles. The van der Waals surface area contributed by atoms with Crippen molar-refractivity contribution in [3.8, 4) is 39.1 Å². The molecule has 0 bridgehead atoms. The van der Waals surface area contributed by atoms with Gasteiger partial charge in [0.05, 0.1) is 16.7 Å². The molecule has 8 rings (SSSR count). The first-order chi connectivity index (χ1) is 20.0. The molecular weight excluding hydrogens is 494 g/mol. The van der Waals surface area contributed by atoms with Crippen LogP contribution in [0.3, 0.4) is 0 Å². The zero-order valence-corrected chi connectivity index (χ0v) is 23.6. The van der Waals surface area contributed by atoms with Crippen molar-refractivity contribution in [2.45, 2.75) is 26.2 Å². The van der Waals surface area contributed by atoms with E-state index in [0.717, 1.165) is 0 Å². The number of rotatable bonds is 3. The molecule has 0 unspecified atom stereocenters. The lowest BCUT2D eigenvalue weighted by molar-refractivity contribution is 0.656. The predicted molar refractivity (Wildman–Crippen MR) is 174 cm³/mol. The molecule has 196 valence electrons. The first kappa shape index (κ1) is 24.0. The lowest BCUT2D eigenvalue weighted by atomic mass is 9.81. The van der Waals surface area contributed by atoms with Gasteiger partial charge in [0.25, 0.3) is 0 Å². The maximum absolute atomic E-state index is 2.49. The Kier molecular flexibility index (Phi) is 5.15. The van der Waals surface area contributed by atoms with Gasteiger partial charge in [-0.05, 0) is 87.3 Å². The van der Waals surface area contributed by atoms with Crippen LogP contribution in [0.25, 0.3) is 60.9 Å². The van der Waals surface area contributed by atoms with E-state index in [1.165, 1.54) is 77.6 Å². The number of para-hydroxylation sites is 1. The van der Waals surface area contributed by atoms with E-state index in [9.17, 15) is 0 Å². The van der Waals surface area contributed by atoms with Gasteiger partial charge in [0.15, 0.2) is 0 Å². The van der Waals surface area contributed by atoms with E-state index in [0.29, 0.717) is 0 Å². The van der Waals surface area contributed by atoms with Gasteiger partial charge < -0.3 is 4.57 Å². The van der Waals surface area contributed by atoms with Gasteiger partial charge in [-0.3, -0.25) is 0 Å². The second kappa shape index (κ2) is 8.81. The third-order valence-corrected chi connectivity index (χ3v) is 9.12. The molecule has 6 aromatic carbocycles. The first-order valence-corrected chi connectivity index (χ1v) is 14.5. The summed E-state index contributed by atoms with van der Waals surface area (Å²) in [6.45, 7) is 6.92. The summed E-state index contributed by atoms with van der Waals surface area (Å²) in [5.41, 5.74) is 15.5. The van der Waals surface area contributed by atoms with Crippen molar-refractivity contribution in [3.05, 3.63) is 150 Å². The standard InChI is InChI=1S/C40H31N/c1-26-12-4-5-15-30(26)29-14-10-13-27(24-29)28-22-23-37-34(25-28)32-17-7-9-20-36(32)41(37)38-21-11-18-33-31-16-6-8-19-35(31)40(2,3)39(33)38/h4-25H,1-3H3. The smallest absolute Gasteiger partial charge is 0.0541 e. The molecule has 1 aromatic heterocycles. The summed E-state index contributed by atoms with van der Waals surface area (Å²) in [6.07, 6.45) is 0. The molecule has 1 heterocycles. The van der Waals surface area contributed by atoms with Crippen molar-refractivity contribution in [1.82, 2.24) is 4.57 Å². The molecule has 1 aliphatic carbocycles. The van der Waals surface area contributed by atoms with E-state index in [-0.39, 0.29) is 5.41 Å². The van der Waals surface area contributed by atoms with Crippen LogP contribution in [0.1, 0.15) is 30.5 Å². The average molecular weight is 526 g/mol. The summed E-state index contributed by atoms with van der Waals surface area (Å²) in [6, 6.07) is 49.1. The Balaban J connectivity index is 1.35. The highest BCUT2D eigenvalue weighted by molar-refractivity contribution is 6.11. The molecule has 0 N–H and O–H groups in total. The van der Waals surface area contributed by atoms with Crippen molar-refractivity contribution in [1.29, 1.82) is 0 Å². The van der Waals surface area contributed by atoms with Gasteiger partial charge in [0, 0.05) is 16.2 Å². The molecule has 0 saturated heterocycles. The van der Waals surface area contributed by atoms with Crippen molar-refractivity contribution in [3.63, 3.8) is 0 Å². The number of aryl methyl sites for hydroxylation is 1. The molecule has 7 aromatic rings. The van der Waals surface area contributed by atoms with Crippen molar-refractivity contribution in [2.75, 3.05) is 0 Å². The van der Waals surface area contributed by atoms with Crippen LogP contribution in [0.2, 0.25) is 0 Å². The minimum absolute atomic E-state index is 0.0871. The fraction of sp³-hybridized carbons (Fsp3) is 0.100. The largest absolute Gasteiger partial charge is 0.309 e. The Morgan fingerprint density at radius 3 is 2.02 bits per heavy atom. The van der Waals surface area contributed by atoms with E-state index >= 15 is 0 Å². The highest BCUT2D eigenvalue weighted by atomic mass is 15.0. The van der Waals surface area contributed by atoms with Crippen LogP contribution in [0.5, 0.6) is 0 Å². The monoisotopic (exact) mass is 525 g/mol. The van der Waals surface area contributed by atoms with Gasteiger partial charge in [-0.2, -0.15) is 0 Å². The highest BCUT2D eigenvalue weighted by Gasteiger charge is 2.37. The minimum atomic E-state index is -0.0871. The van der Waals surface area contributed by atoms with Gasteiger partial charge in [0.1, 0.15) is 0 Å². The van der Waals surface area contributed by atoms with Crippen LogP contribution in [-0.4, -0.2) is 4.57 Å². The molecular formula is C40H31N. The van der Waals surface area contributed by atoms with Crippen LogP contribution in [0.4, 0.5) is 0 Å². The van der Waals surface area contributed by atoms with Gasteiger partial charge in [-0.15, -0.1) is 0 Å². The average Bonchev–Trinajstić information content (AvgIpc) is 3.46. The second-order valence-corrected chi connectivity index (χ2v) is 11.9. The number of nitrogens with zero attached hydrogens (tertiary/aromatic N) is 1. The predicted octanol–water partition coefficient (Wildman–Crippen LogP) is 10.7. The fourth-order valence-electron chi connectivity index (χ4n) is 7.18. The number of benzene rings is 6. The summed E-state index contributed by atoms with van der Waals surface area (Å²) >= 11 is 0. The van der Waals surface area contributed by atoms with Crippen molar-refractivity contribution in [2.24, 2.45) is 0 Å². The molecule has 1 aliphatic rings. The topological polar surface area (TPSA) is 4.93 Å². The van der Waals surface area contributed by atoms with E-state index in [4.69, 9.17) is 0 Å². The third kappa shape index (κ3) is 3.49. The van der Waals surface area contributed by atoms with Crippen LogP contribution >= 0.6 is 0 Å². The molecule has 0 fully saturated rings. The Morgan fingerprint density at radius 1 is 0.488 bits per heavy atom. The Labute approximate surface area is 241 Å². The number of fused-ring (bicyclic) bond motifs is 6. The number of hydrogen-bond acceptors (Lipinski definition) is 0. The maximum atomic E-state index is 2.49. The zero-order valence-electron chi connectivity index (χ0n) is 23.6. The molecule has 0 spiro atoms. The quantitative estimate of drug-likeness (QED) is 0.216. The molecule has 1 nitrogen and oxygen atoms in total. The van der Waals surface area contributed by atoms with Crippen LogP contribution < -0.4 is 0 Å². The maximum Gasteiger partial charge on any atom is 0.0541 e. The summed E-state index contributed by atoms with van der Waals surface area (Å²) in [5.74, 6) is 0. The lowest BCUT2D eigenvalue weighted by Crippen LogP contribution is -2.17.